The number of aliphatic hydroxyl groups excluding tert-OH is 1. The lowest BCUT2D eigenvalue weighted by atomic mass is 9.75. The summed E-state index contributed by atoms with van der Waals surface area (Å²) < 4.78 is 27.5. The van der Waals surface area contributed by atoms with E-state index in [0.29, 0.717) is 12.0 Å². The monoisotopic (exact) mass is 299 g/mol. The van der Waals surface area contributed by atoms with E-state index in [1.54, 1.807) is 30.3 Å². The first-order valence-electron chi connectivity index (χ1n) is 6.98. The molecule has 1 amide bonds. The van der Waals surface area contributed by atoms with Gasteiger partial charge in [-0.15, -0.1) is 0 Å². The van der Waals surface area contributed by atoms with Gasteiger partial charge < -0.3 is 15.5 Å². The molecule has 3 N–H and O–H groups in total. The van der Waals surface area contributed by atoms with Gasteiger partial charge in [0.15, 0.2) is 0 Å². The van der Waals surface area contributed by atoms with Crippen molar-refractivity contribution in [1.82, 2.24) is 5.32 Å². The highest BCUT2D eigenvalue weighted by atomic mass is 19.3. The molecule has 0 bridgehead atoms. The van der Waals surface area contributed by atoms with Crippen molar-refractivity contribution in [2.75, 3.05) is 6.54 Å². The second-order valence-corrected chi connectivity index (χ2v) is 5.43. The fourth-order valence-corrected chi connectivity index (χ4v) is 2.31. The number of aliphatic hydroxyl groups is 2. The normalized spacial score (nSPS) is 18.7. The molecule has 21 heavy (non-hydrogen) atoms. The van der Waals surface area contributed by atoms with Gasteiger partial charge in [-0.05, 0) is 31.2 Å². The summed E-state index contributed by atoms with van der Waals surface area (Å²) in [6.07, 6.45) is -0.344. The van der Waals surface area contributed by atoms with E-state index in [2.05, 4.69) is 5.32 Å². The van der Waals surface area contributed by atoms with Gasteiger partial charge in [0, 0.05) is 6.54 Å². The Morgan fingerprint density at radius 1 is 1.33 bits per heavy atom. The second kappa shape index (κ2) is 6.07. The third kappa shape index (κ3) is 3.22. The van der Waals surface area contributed by atoms with Gasteiger partial charge in [0.25, 0.3) is 5.91 Å². The minimum atomic E-state index is -3.79. The fourth-order valence-electron chi connectivity index (χ4n) is 2.31. The molecule has 0 aliphatic heterocycles. The summed E-state index contributed by atoms with van der Waals surface area (Å²) in [4.78, 5) is 11.5. The number of carbonyl (C=O) groups excluding carboxylic acids is 1. The molecular weight excluding hydrogens is 280 g/mol. The van der Waals surface area contributed by atoms with Crippen LogP contribution in [-0.2, 0) is 4.79 Å². The quantitative estimate of drug-likeness (QED) is 0.750. The second-order valence-electron chi connectivity index (χ2n) is 5.43. The summed E-state index contributed by atoms with van der Waals surface area (Å²) in [7, 11) is 0. The molecule has 1 aliphatic rings. The van der Waals surface area contributed by atoms with Crippen molar-refractivity contribution in [3.05, 3.63) is 35.9 Å². The van der Waals surface area contributed by atoms with Crippen LogP contribution in [0, 0.1) is 0 Å². The van der Waals surface area contributed by atoms with E-state index in [9.17, 15) is 23.8 Å². The standard InChI is InChI=1S/C15H19F2NO3/c16-15(17,14(21)8-4-9-14)13(20)18-10-7-12(19)11-5-2-1-3-6-11/h1-3,5-6,12,19,21H,4,7-10H2,(H,18,20)/t12-/m1/s1. The lowest BCUT2D eigenvalue weighted by Crippen LogP contribution is -2.60. The minimum Gasteiger partial charge on any atom is -0.388 e. The summed E-state index contributed by atoms with van der Waals surface area (Å²) >= 11 is 0. The number of benzene rings is 1. The van der Waals surface area contributed by atoms with Crippen LogP contribution in [-0.4, -0.2) is 34.2 Å². The van der Waals surface area contributed by atoms with Gasteiger partial charge in [0.2, 0.25) is 0 Å². The number of hydrogen-bond donors (Lipinski definition) is 3. The third-order valence-corrected chi connectivity index (χ3v) is 3.94. The SMILES string of the molecule is O=C(NCC[C@@H](O)c1ccccc1)C(F)(F)C1(O)CCC1. The first-order valence-corrected chi connectivity index (χ1v) is 6.98. The Hall–Kier alpha value is -1.53. The van der Waals surface area contributed by atoms with Crippen molar-refractivity contribution in [2.45, 2.75) is 43.3 Å². The Morgan fingerprint density at radius 2 is 1.95 bits per heavy atom. The van der Waals surface area contributed by atoms with E-state index in [4.69, 9.17) is 0 Å². The molecule has 1 atom stereocenters. The molecule has 2 rings (SSSR count). The summed E-state index contributed by atoms with van der Waals surface area (Å²) in [5, 5.41) is 21.6. The van der Waals surface area contributed by atoms with Crippen molar-refractivity contribution in [3.63, 3.8) is 0 Å². The van der Waals surface area contributed by atoms with Crippen molar-refractivity contribution in [3.8, 4) is 0 Å². The van der Waals surface area contributed by atoms with Crippen LogP contribution in [0.1, 0.15) is 37.4 Å². The molecule has 0 radical (unpaired) electrons. The molecule has 1 saturated carbocycles. The Kier molecular flexibility index (Phi) is 4.58. The molecule has 1 aromatic rings. The first kappa shape index (κ1) is 15.9. The summed E-state index contributed by atoms with van der Waals surface area (Å²) in [6, 6.07) is 8.77. The van der Waals surface area contributed by atoms with Gasteiger partial charge in [-0.25, -0.2) is 0 Å². The van der Waals surface area contributed by atoms with Gasteiger partial charge in [-0.3, -0.25) is 4.79 Å². The molecule has 1 aromatic carbocycles. The Morgan fingerprint density at radius 3 is 2.48 bits per heavy atom. The van der Waals surface area contributed by atoms with Gasteiger partial charge in [-0.1, -0.05) is 30.3 Å². The molecule has 4 nitrogen and oxygen atoms in total. The van der Waals surface area contributed by atoms with Crippen LogP contribution in [0.25, 0.3) is 0 Å². The molecule has 116 valence electrons. The van der Waals surface area contributed by atoms with Crippen molar-refractivity contribution < 1.29 is 23.8 Å². The van der Waals surface area contributed by atoms with Crippen LogP contribution >= 0.6 is 0 Å². The zero-order chi connectivity index (χ0) is 15.5. The Bertz CT molecular complexity index is 489. The van der Waals surface area contributed by atoms with Crippen LogP contribution < -0.4 is 5.32 Å². The molecular formula is C15H19F2NO3. The largest absolute Gasteiger partial charge is 0.388 e. The van der Waals surface area contributed by atoms with Gasteiger partial charge in [0.1, 0.15) is 5.60 Å². The van der Waals surface area contributed by atoms with Crippen LogP contribution in [0.15, 0.2) is 30.3 Å². The summed E-state index contributed by atoms with van der Waals surface area (Å²) in [6.45, 7) is -0.0828. The number of amides is 1. The van der Waals surface area contributed by atoms with Gasteiger partial charge in [-0.2, -0.15) is 8.78 Å². The maximum Gasteiger partial charge on any atom is 0.352 e. The van der Waals surface area contributed by atoms with Gasteiger partial charge >= 0.3 is 5.92 Å². The zero-order valence-corrected chi connectivity index (χ0v) is 11.6. The number of hydrogen-bond acceptors (Lipinski definition) is 3. The van der Waals surface area contributed by atoms with Crippen molar-refractivity contribution in [1.29, 1.82) is 0 Å². The average Bonchev–Trinajstić information content (AvgIpc) is 2.45. The van der Waals surface area contributed by atoms with Crippen LogP contribution in [0.4, 0.5) is 8.78 Å². The number of rotatable bonds is 6. The molecule has 0 heterocycles. The lowest BCUT2D eigenvalue weighted by molar-refractivity contribution is -0.215. The van der Waals surface area contributed by atoms with E-state index >= 15 is 0 Å². The summed E-state index contributed by atoms with van der Waals surface area (Å²) in [5.74, 6) is -5.27. The Balaban J connectivity index is 1.82. The van der Waals surface area contributed by atoms with Gasteiger partial charge in [0.05, 0.1) is 6.10 Å². The number of carbonyl (C=O) groups is 1. The van der Waals surface area contributed by atoms with E-state index in [0.717, 1.165) is 0 Å². The van der Waals surface area contributed by atoms with Crippen LogP contribution in [0.2, 0.25) is 0 Å². The van der Waals surface area contributed by atoms with Crippen molar-refractivity contribution >= 4 is 5.91 Å². The topological polar surface area (TPSA) is 69.6 Å². The predicted octanol–water partition coefficient (Wildman–Crippen LogP) is 1.78. The average molecular weight is 299 g/mol. The highest BCUT2D eigenvalue weighted by Gasteiger charge is 2.60. The fraction of sp³-hybridized carbons (Fsp3) is 0.533. The van der Waals surface area contributed by atoms with Crippen molar-refractivity contribution in [2.24, 2.45) is 0 Å². The van der Waals surface area contributed by atoms with E-state index < -0.39 is 23.5 Å². The summed E-state index contributed by atoms with van der Waals surface area (Å²) in [5.41, 5.74) is -1.55. The zero-order valence-electron chi connectivity index (χ0n) is 11.6. The molecule has 0 unspecified atom stereocenters. The maximum absolute atomic E-state index is 13.8. The molecule has 0 aromatic heterocycles. The lowest BCUT2D eigenvalue weighted by Gasteiger charge is -2.41. The van der Waals surface area contributed by atoms with E-state index in [1.807, 2.05) is 0 Å². The molecule has 1 fully saturated rings. The number of alkyl halides is 2. The maximum atomic E-state index is 13.8. The number of nitrogens with one attached hydrogen (secondary N) is 1. The Labute approximate surface area is 121 Å². The van der Waals surface area contributed by atoms with Crippen LogP contribution in [0.5, 0.6) is 0 Å². The smallest absolute Gasteiger partial charge is 0.352 e. The number of halogens is 2. The highest BCUT2D eigenvalue weighted by Crippen LogP contribution is 2.44. The highest BCUT2D eigenvalue weighted by molar-refractivity contribution is 5.85. The first-order chi connectivity index (χ1) is 9.87. The van der Waals surface area contributed by atoms with E-state index in [-0.39, 0.29) is 25.8 Å². The third-order valence-electron chi connectivity index (χ3n) is 3.94. The molecule has 1 aliphatic carbocycles. The molecule has 6 heteroatoms. The predicted molar refractivity (Wildman–Crippen MR) is 72.8 cm³/mol. The van der Waals surface area contributed by atoms with Crippen LogP contribution in [0.3, 0.4) is 0 Å². The minimum absolute atomic E-state index is 0.0694. The molecule has 0 saturated heterocycles. The van der Waals surface area contributed by atoms with E-state index in [1.165, 1.54) is 0 Å². The molecule has 0 spiro atoms.